The lowest BCUT2D eigenvalue weighted by molar-refractivity contribution is 0.475. The lowest BCUT2D eigenvalue weighted by atomic mass is 10.1. The van der Waals surface area contributed by atoms with Crippen LogP contribution in [0, 0.1) is 18.3 Å². The molecule has 0 saturated heterocycles. The highest BCUT2D eigenvalue weighted by Gasteiger charge is 2.08. The number of H-pyrrole nitrogens is 1. The molecule has 102 valence electrons. The summed E-state index contributed by atoms with van der Waals surface area (Å²) >= 11 is 0. The molecule has 0 radical (unpaired) electrons. The maximum atomic E-state index is 9.48. The molecule has 0 unspecified atom stereocenters. The van der Waals surface area contributed by atoms with E-state index in [1.54, 1.807) is 24.3 Å². The van der Waals surface area contributed by atoms with Crippen molar-refractivity contribution in [1.82, 2.24) is 9.97 Å². The number of nitrogens with zero attached hydrogens (tertiary/aromatic N) is 2. The summed E-state index contributed by atoms with van der Waals surface area (Å²) in [5.41, 5.74) is 4.04. The molecule has 0 saturated carbocycles. The lowest BCUT2D eigenvalue weighted by Gasteiger charge is -1.96. The predicted molar refractivity (Wildman–Crippen MR) is 82.4 cm³/mol. The van der Waals surface area contributed by atoms with Crippen molar-refractivity contribution in [3.05, 3.63) is 59.4 Å². The Morgan fingerprint density at radius 1 is 1.29 bits per heavy atom. The molecule has 1 aromatic heterocycles. The van der Waals surface area contributed by atoms with Gasteiger partial charge >= 0.3 is 0 Å². The molecule has 0 aliphatic carbocycles. The first-order valence-electron chi connectivity index (χ1n) is 6.53. The van der Waals surface area contributed by atoms with Crippen LogP contribution in [0.15, 0.2) is 42.5 Å². The molecule has 4 heteroatoms. The number of imidazole rings is 1. The Labute approximate surface area is 122 Å². The van der Waals surface area contributed by atoms with Crippen LogP contribution in [0.3, 0.4) is 0 Å². The van der Waals surface area contributed by atoms with Gasteiger partial charge in [-0.1, -0.05) is 18.2 Å². The summed E-state index contributed by atoms with van der Waals surface area (Å²) in [7, 11) is 0. The Kier molecular flexibility index (Phi) is 3.17. The molecule has 3 rings (SSSR count). The third kappa shape index (κ3) is 2.63. The van der Waals surface area contributed by atoms with Crippen LogP contribution in [-0.2, 0) is 0 Å². The van der Waals surface area contributed by atoms with Gasteiger partial charge in [0.15, 0.2) is 0 Å². The van der Waals surface area contributed by atoms with E-state index in [0.717, 1.165) is 22.2 Å². The van der Waals surface area contributed by atoms with Crippen LogP contribution < -0.4 is 0 Å². The highest BCUT2D eigenvalue weighted by Crippen LogP contribution is 2.21. The number of phenols is 1. The van der Waals surface area contributed by atoms with Crippen LogP contribution in [0.5, 0.6) is 5.75 Å². The Balaban J connectivity index is 2.08. The summed E-state index contributed by atoms with van der Waals surface area (Å²) in [6.07, 6.45) is 1.70. The normalized spacial score (nSPS) is 11.5. The molecule has 4 nitrogen and oxygen atoms in total. The van der Waals surface area contributed by atoms with E-state index in [4.69, 9.17) is 0 Å². The molecule has 0 fully saturated rings. The molecule has 0 amide bonds. The zero-order chi connectivity index (χ0) is 14.8. The lowest BCUT2D eigenvalue weighted by Crippen LogP contribution is -1.84. The van der Waals surface area contributed by atoms with E-state index in [-0.39, 0.29) is 5.75 Å². The quantitative estimate of drug-likeness (QED) is 0.701. The standard InChI is InChI=1S/C17H13N3O/c1-11-5-6-15-16(7-11)20-17(19-15)13(10-18)8-12-3-2-4-14(21)9-12/h2-9,21H,1H3,(H,19,20). The zero-order valence-corrected chi connectivity index (χ0v) is 11.5. The third-order valence-corrected chi connectivity index (χ3v) is 3.19. The van der Waals surface area contributed by atoms with Crippen molar-refractivity contribution in [2.24, 2.45) is 0 Å². The van der Waals surface area contributed by atoms with Gasteiger partial charge in [-0.15, -0.1) is 0 Å². The Hall–Kier alpha value is -3.06. The average molecular weight is 275 g/mol. The molecule has 0 aliphatic heterocycles. The second kappa shape index (κ2) is 5.14. The minimum atomic E-state index is 0.168. The Morgan fingerprint density at radius 2 is 2.14 bits per heavy atom. The molecule has 1 heterocycles. The van der Waals surface area contributed by atoms with Gasteiger partial charge in [-0.05, 0) is 48.4 Å². The molecular weight excluding hydrogens is 262 g/mol. The number of aromatic nitrogens is 2. The van der Waals surface area contributed by atoms with E-state index in [2.05, 4.69) is 16.0 Å². The topological polar surface area (TPSA) is 72.7 Å². The SMILES string of the molecule is Cc1ccc2nc(C(C#N)=Cc3cccc(O)c3)[nH]c2c1. The fourth-order valence-corrected chi connectivity index (χ4v) is 2.19. The monoisotopic (exact) mass is 275 g/mol. The maximum Gasteiger partial charge on any atom is 0.149 e. The van der Waals surface area contributed by atoms with Crippen molar-refractivity contribution in [1.29, 1.82) is 5.26 Å². The minimum Gasteiger partial charge on any atom is -0.508 e. The molecule has 2 aromatic carbocycles. The van der Waals surface area contributed by atoms with Crippen molar-refractivity contribution in [2.75, 3.05) is 0 Å². The second-order valence-corrected chi connectivity index (χ2v) is 4.87. The number of rotatable bonds is 2. The number of aryl methyl sites for hydroxylation is 1. The summed E-state index contributed by atoms with van der Waals surface area (Å²) in [6.45, 7) is 2.01. The smallest absolute Gasteiger partial charge is 0.149 e. The van der Waals surface area contributed by atoms with E-state index < -0.39 is 0 Å². The fourth-order valence-electron chi connectivity index (χ4n) is 2.19. The first-order valence-corrected chi connectivity index (χ1v) is 6.53. The van der Waals surface area contributed by atoms with Gasteiger partial charge in [0, 0.05) is 0 Å². The fraction of sp³-hybridized carbons (Fsp3) is 0.0588. The highest BCUT2D eigenvalue weighted by atomic mass is 16.3. The van der Waals surface area contributed by atoms with Crippen molar-refractivity contribution < 1.29 is 5.11 Å². The number of phenolic OH excluding ortho intramolecular Hbond substituents is 1. The van der Waals surface area contributed by atoms with E-state index >= 15 is 0 Å². The summed E-state index contributed by atoms with van der Waals surface area (Å²) < 4.78 is 0. The molecule has 0 spiro atoms. The van der Waals surface area contributed by atoms with Crippen molar-refractivity contribution in [3.8, 4) is 11.8 Å². The van der Waals surface area contributed by atoms with Crippen LogP contribution in [0.2, 0.25) is 0 Å². The van der Waals surface area contributed by atoms with Crippen LogP contribution in [0.25, 0.3) is 22.7 Å². The maximum absolute atomic E-state index is 9.48. The first kappa shape index (κ1) is 12.9. The first-order chi connectivity index (χ1) is 10.2. The molecule has 0 atom stereocenters. The largest absolute Gasteiger partial charge is 0.508 e. The van der Waals surface area contributed by atoms with Crippen LogP contribution >= 0.6 is 0 Å². The van der Waals surface area contributed by atoms with Gasteiger partial charge in [-0.3, -0.25) is 0 Å². The van der Waals surface area contributed by atoms with E-state index in [1.807, 2.05) is 31.2 Å². The number of aromatic amines is 1. The van der Waals surface area contributed by atoms with Gasteiger partial charge in [0.1, 0.15) is 17.6 Å². The summed E-state index contributed by atoms with van der Waals surface area (Å²) in [6, 6.07) is 14.8. The predicted octanol–water partition coefficient (Wildman–Crippen LogP) is 3.64. The van der Waals surface area contributed by atoms with E-state index in [9.17, 15) is 10.4 Å². The summed E-state index contributed by atoms with van der Waals surface area (Å²) in [4.78, 5) is 7.59. The van der Waals surface area contributed by atoms with Crippen molar-refractivity contribution in [3.63, 3.8) is 0 Å². The van der Waals surface area contributed by atoms with Crippen molar-refractivity contribution in [2.45, 2.75) is 6.92 Å². The number of nitrogens with one attached hydrogen (secondary N) is 1. The van der Waals surface area contributed by atoms with Crippen molar-refractivity contribution >= 4 is 22.7 Å². The van der Waals surface area contributed by atoms with Gasteiger partial charge in [0.25, 0.3) is 0 Å². The number of fused-ring (bicyclic) bond motifs is 1. The van der Waals surface area contributed by atoms with Gasteiger partial charge in [-0.2, -0.15) is 5.26 Å². The Morgan fingerprint density at radius 3 is 2.90 bits per heavy atom. The average Bonchev–Trinajstić information content (AvgIpc) is 2.87. The molecule has 2 N–H and O–H groups in total. The van der Waals surface area contributed by atoms with Crippen LogP contribution in [0.1, 0.15) is 17.0 Å². The zero-order valence-electron chi connectivity index (χ0n) is 11.5. The highest BCUT2D eigenvalue weighted by molar-refractivity contribution is 5.90. The van der Waals surface area contributed by atoms with Gasteiger partial charge in [0.05, 0.1) is 16.6 Å². The summed E-state index contributed by atoms with van der Waals surface area (Å²) in [5, 5.41) is 18.8. The number of nitriles is 1. The molecular formula is C17H13N3O. The second-order valence-electron chi connectivity index (χ2n) is 4.87. The molecule has 0 bridgehead atoms. The third-order valence-electron chi connectivity index (χ3n) is 3.19. The van der Waals surface area contributed by atoms with E-state index in [0.29, 0.717) is 11.4 Å². The Bertz CT molecular complexity index is 884. The number of allylic oxidation sites excluding steroid dienone is 1. The number of hydrogen-bond acceptors (Lipinski definition) is 3. The van der Waals surface area contributed by atoms with E-state index in [1.165, 1.54) is 0 Å². The van der Waals surface area contributed by atoms with Crippen LogP contribution in [0.4, 0.5) is 0 Å². The minimum absolute atomic E-state index is 0.168. The van der Waals surface area contributed by atoms with Crippen LogP contribution in [-0.4, -0.2) is 15.1 Å². The van der Waals surface area contributed by atoms with Gasteiger partial charge in [0.2, 0.25) is 0 Å². The number of benzene rings is 2. The van der Waals surface area contributed by atoms with Gasteiger partial charge in [-0.25, -0.2) is 4.98 Å². The number of hydrogen-bond donors (Lipinski definition) is 2. The molecule has 21 heavy (non-hydrogen) atoms. The van der Waals surface area contributed by atoms with Gasteiger partial charge < -0.3 is 10.1 Å². The molecule has 3 aromatic rings. The number of aromatic hydroxyl groups is 1. The molecule has 0 aliphatic rings. The summed E-state index contributed by atoms with van der Waals surface area (Å²) in [5.74, 6) is 0.697.